The molecule has 0 spiro atoms. The Hall–Kier alpha value is -1.52. The van der Waals surface area contributed by atoms with Gasteiger partial charge in [-0.2, -0.15) is 0 Å². The van der Waals surface area contributed by atoms with Crippen molar-refractivity contribution >= 4 is 25.7 Å². The summed E-state index contributed by atoms with van der Waals surface area (Å²) in [6.45, 7) is 2.45. The van der Waals surface area contributed by atoms with Crippen LogP contribution in [0.1, 0.15) is 129 Å². The minimum absolute atomic E-state index is 0.149. The highest BCUT2D eigenvalue weighted by atomic mass is 31.2. The number of esters is 1. The molecule has 4 N–H and O–H groups in total. The van der Waals surface area contributed by atoms with Crippen LogP contribution in [0.3, 0.4) is 0 Å². The van der Waals surface area contributed by atoms with E-state index in [0.717, 1.165) is 38.5 Å². The second-order valence-corrected chi connectivity index (χ2v) is 11.8. The molecule has 0 saturated heterocycles. The van der Waals surface area contributed by atoms with E-state index in [1.165, 1.54) is 51.4 Å². The molecular formula is C28H54NO10P. The number of aliphatic hydroxyl groups is 1. The van der Waals surface area contributed by atoms with E-state index in [4.69, 9.17) is 9.26 Å². The van der Waals surface area contributed by atoms with Gasteiger partial charge in [0.15, 0.2) is 6.04 Å². The van der Waals surface area contributed by atoms with Crippen LogP contribution >= 0.6 is 7.82 Å². The number of carboxylic acid groups (broad SMARTS) is 1. The average molecular weight is 596 g/mol. The van der Waals surface area contributed by atoms with Gasteiger partial charge in [-0.15, -0.1) is 0 Å². The van der Waals surface area contributed by atoms with Crippen molar-refractivity contribution in [2.24, 2.45) is 0 Å². The fourth-order valence-electron chi connectivity index (χ4n) is 3.96. The number of unbranched alkanes of at least 4 members (excludes halogenated alkanes) is 14. The summed E-state index contributed by atoms with van der Waals surface area (Å²) >= 11 is 0. The Bertz CT molecular complexity index is 721. The van der Waals surface area contributed by atoms with E-state index in [0.29, 0.717) is 12.8 Å². The molecule has 0 aromatic heterocycles. The normalized spacial score (nSPS) is 14.3. The lowest BCUT2D eigenvalue weighted by molar-refractivity contribution is -0.147. The standard InChI is InChI=1S/C28H54NO10P/c1-3-5-7-9-11-13-15-17-19-26(31)29-25(28(33)34)23-39-40(35,36)38-22-24(30)21-37-27(32)20-18-16-14-12-10-8-6-4-2/h24-25,30H,3-23H2,1-2H3,(H,29,31)(H,33,34)(H,35,36). The highest BCUT2D eigenvalue weighted by Crippen LogP contribution is 2.43. The summed E-state index contributed by atoms with van der Waals surface area (Å²) in [5, 5.41) is 21.5. The van der Waals surface area contributed by atoms with E-state index in [2.05, 4.69) is 23.7 Å². The first-order chi connectivity index (χ1) is 19.1. The third-order valence-corrected chi connectivity index (χ3v) is 7.35. The zero-order chi connectivity index (χ0) is 30.1. The van der Waals surface area contributed by atoms with Crippen molar-refractivity contribution < 1.29 is 47.8 Å². The van der Waals surface area contributed by atoms with Gasteiger partial charge in [0.1, 0.15) is 12.7 Å². The molecule has 40 heavy (non-hydrogen) atoms. The molecule has 3 unspecified atom stereocenters. The van der Waals surface area contributed by atoms with Crippen molar-refractivity contribution in [1.29, 1.82) is 0 Å². The number of rotatable bonds is 28. The smallest absolute Gasteiger partial charge is 0.472 e. The Kier molecular flexibility index (Phi) is 24.3. The Morgan fingerprint density at radius 1 is 0.700 bits per heavy atom. The molecule has 0 heterocycles. The molecule has 0 aliphatic carbocycles. The highest BCUT2D eigenvalue weighted by Gasteiger charge is 2.28. The maximum absolute atomic E-state index is 12.1. The highest BCUT2D eigenvalue weighted by molar-refractivity contribution is 7.47. The molecule has 0 radical (unpaired) electrons. The largest absolute Gasteiger partial charge is 0.480 e. The van der Waals surface area contributed by atoms with Gasteiger partial charge in [0, 0.05) is 12.8 Å². The first-order valence-electron chi connectivity index (χ1n) is 15.1. The summed E-state index contributed by atoms with van der Waals surface area (Å²) in [5.41, 5.74) is 0. The molecule has 3 atom stereocenters. The third kappa shape index (κ3) is 24.3. The van der Waals surface area contributed by atoms with Crippen LogP contribution in [0.5, 0.6) is 0 Å². The molecule has 0 aliphatic rings. The quantitative estimate of drug-likeness (QED) is 0.0503. The van der Waals surface area contributed by atoms with Crippen LogP contribution < -0.4 is 5.32 Å². The number of ether oxygens (including phenoxy) is 1. The predicted molar refractivity (Wildman–Crippen MR) is 153 cm³/mol. The van der Waals surface area contributed by atoms with Gasteiger partial charge in [-0.3, -0.25) is 18.6 Å². The first-order valence-corrected chi connectivity index (χ1v) is 16.6. The van der Waals surface area contributed by atoms with E-state index < -0.39 is 57.6 Å². The Morgan fingerprint density at radius 3 is 1.65 bits per heavy atom. The van der Waals surface area contributed by atoms with E-state index in [-0.39, 0.29) is 12.8 Å². The lowest BCUT2D eigenvalue weighted by atomic mass is 10.1. The molecule has 1 amide bonds. The average Bonchev–Trinajstić information content (AvgIpc) is 2.91. The maximum atomic E-state index is 12.1. The number of amides is 1. The second-order valence-electron chi connectivity index (χ2n) is 10.3. The number of hydrogen-bond donors (Lipinski definition) is 4. The number of nitrogens with one attached hydrogen (secondary N) is 1. The Labute approximate surface area is 240 Å². The van der Waals surface area contributed by atoms with Crippen LogP contribution in [0.2, 0.25) is 0 Å². The molecule has 0 saturated carbocycles. The van der Waals surface area contributed by atoms with E-state index in [1.807, 2.05) is 0 Å². The number of phosphoric ester groups is 1. The van der Waals surface area contributed by atoms with Crippen molar-refractivity contribution in [3.05, 3.63) is 0 Å². The van der Waals surface area contributed by atoms with Gasteiger partial charge in [-0.1, -0.05) is 104 Å². The number of aliphatic carboxylic acids is 1. The zero-order valence-corrected chi connectivity index (χ0v) is 25.5. The van der Waals surface area contributed by atoms with Gasteiger partial charge in [0.05, 0.1) is 13.2 Å². The monoisotopic (exact) mass is 595 g/mol. The van der Waals surface area contributed by atoms with Crippen LogP contribution in [0.15, 0.2) is 0 Å². The number of aliphatic hydroxyl groups excluding tert-OH is 1. The maximum Gasteiger partial charge on any atom is 0.472 e. The number of carbonyl (C=O) groups excluding carboxylic acids is 2. The number of hydrogen-bond acceptors (Lipinski definition) is 8. The molecule has 236 valence electrons. The van der Waals surface area contributed by atoms with Crippen LogP contribution in [0, 0.1) is 0 Å². The summed E-state index contributed by atoms with van der Waals surface area (Å²) in [5.74, 6) is -2.38. The molecule has 0 fully saturated rings. The first kappa shape index (κ1) is 38.5. The second kappa shape index (κ2) is 25.2. The summed E-state index contributed by atoms with van der Waals surface area (Å²) in [6, 6.07) is -1.53. The predicted octanol–water partition coefficient (Wildman–Crippen LogP) is 5.66. The molecule has 12 heteroatoms. The van der Waals surface area contributed by atoms with Crippen molar-refractivity contribution in [2.45, 2.75) is 142 Å². The summed E-state index contributed by atoms with van der Waals surface area (Å²) in [7, 11) is -4.72. The van der Waals surface area contributed by atoms with Crippen LogP contribution in [0.25, 0.3) is 0 Å². The number of phosphoric acid groups is 1. The zero-order valence-electron chi connectivity index (χ0n) is 24.7. The molecule has 0 aromatic rings. The molecular weight excluding hydrogens is 541 g/mol. The molecule has 11 nitrogen and oxygen atoms in total. The van der Waals surface area contributed by atoms with Gasteiger partial charge in [0.25, 0.3) is 0 Å². The van der Waals surface area contributed by atoms with E-state index in [9.17, 15) is 34.1 Å². The van der Waals surface area contributed by atoms with Crippen LogP contribution in [-0.2, 0) is 32.7 Å². The summed E-state index contributed by atoms with van der Waals surface area (Å²) in [6.07, 6.45) is 16.1. The molecule has 0 aromatic carbocycles. The van der Waals surface area contributed by atoms with Crippen molar-refractivity contribution in [2.75, 3.05) is 19.8 Å². The topological polar surface area (TPSA) is 169 Å². The van der Waals surface area contributed by atoms with Gasteiger partial charge in [-0.05, 0) is 12.8 Å². The lowest BCUT2D eigenvalue weighted by Gasteiger charge is -2.18. The summed E-state index contributed by atoms with van der Waals surface area (Å²) in [4.78, 5) is 45.1. The Balaban J connectivity index is 4.09. The van der Waals surface area contributed by atoms with Crippen molar-refractivity contribution in [3.8, 4) is 0 Å². The third-order valence-electron chi connectivity index (χ3n) is 6.40. The van der Waals surface area contributed by atoms with Gasteiger partial charge in [-0.25, -0.2) is 9.36 Å². The SMILES string of the molecule is CCCCCCCCCCC(=O)NC(COP(=O)(O)OCC(O)COC(=O)CCCCCCCCCC)C(=O)O. The van der Waals surface area contributed by atoms with Gasteiger partial charge >= 0.3 is 19.8 Å². The molecule has 0 aliphatic heterocycles. The summed E-state index contributed by atoms with van der Waals surface area (Å²) < 4.78 is 26.4. The number of carboxylic acids is 1. The van der Waals surface area contributed by atoms with Crippen molar-refractivity contribution in [3.63, 3.8) is 0 Å². The molecule has 0 rings (SSSR count). The molecule has 0 bridgehead atoms. The lowest BCUT2D eigenvalue weighted by Crippen LogP contribution is -2.43. The Morgan fingerprint density at radius 2 is 1.15 bits per heavy atom. The van der Waals surface area contributed by atoms with Gasteiger partial charge < -0.3 is 25.2 Å². The minimum atomic E-state index is -4.72. The minimum Gasteiger partial charge on any atom is -0.480 e. The van der Waals surface area contributed by atoms with E-state index >= 15 is 0 Å². The number of carbonyl (C=O) groups is 3. The fraction of sp³-hybridized carbons (Fsp3) is 0.893. The van der Waals surface area contributed by atoms with Gasteiger partial charge in [0.2, 0.25) is 5.91 Å². The van der Waals surface area contributed by atoms with Crippen LogP contribution in [0.4, 0.5) is 0 Å². The van der Waals surface area contributed by atoms with Crippen LogP contribution in [-0.4, -0.2) is 64.9 Å². The van der Waals surface area contributed by atoms with Crippen molar-refractivity contribution in [1.82, 2.24) is 5.32 Å². The van der Waals surface area contributed by atoms with E-state index in [1.54, 1.807) is 0 Å². The fourth-order valence-corrected chi connectivity index (χ4v) is 4.73.